The fraction of sp³-hybridized carbons (Fsp3) is 0.500. The van der Waals surface area contributed by atoms with Gasteiger partial charge in [0.05, 0.1) is 26.7 Å². The van der Waals surface area contributed by atoms with E-state index in [9.17, 15) is 13.5 Å². The van der Waals surface area contributed by atoms with Crippen LogP contribution in [0.2, 0.25) is 0 Å². The van der Waals surface area contributed by atoms with Crippen LogP contribution in [0.3, 0.4) is 0 Å². The van der Waals surface area contributed by atoms with Gasteiger partial charge in [0.25, 0.3) is 0 Å². The summed E-state index contributed by atoms with van der Waals surface area (Å²) in [7, 11) is -2.90. The van der Waals surface area contributed by atoms with Gasteiger partial charge in [-0.25, -0.2) is 13.4 Å². The molecule has 2 unspecified atom stereocenters. The molecule has 1 aromatic carbocycles. The summed E-state index contributed by atoms with van der Waals surface area (Å²) in [6.07, 6.45) is 1.33. The predicted octanol–water partition coefficient (Wildman–Crippen LogP) is 1.88. The predicted molar refractivity (Wildman–Crippen MR) is 80.7 cm³/mol. The number of aromatic nitrogens is 1. The Morgan fingerprint density at radius 2 is 2.20 bits per heavy atom. The van der Waals surface area contributed by atoms with Gasteiger partial charge in [-0.3, -0.25) is 0 Å². The molecule has 1 fully saturated rings. The SMILES string of the molecule is O=S1(=O)CCC(C(CO)Cc2nc3ccccc3s2)C1. The molecule has 1 aliphatic rings. The number of thiazole rings is 1. The van der Waals surface area contributed by atoms with Gasteiger partial charge < -0.3 is 5.11 Å². The Kier molecular flexibility index (Phi) is 3.79. The molecule has 0 radical (unpaired) electrons. The second kappa shape index (κ2) is 5.42. The lowest BCUT2D eigenvalue weighted by Crippen LogP contribution is -2.22. The van der Waals surface area contributed by atoms with E-state index < -0.39 is 9.84 Å². The van der Waals surface area contributed by atoms with Crippen LogP contribution in [0.15, 0.2) is 24.3 Å². The Balaban J connectivity index is 1.77. The summed E-state index contributed by atoms with van der Waals surface area (Å²) in [6, 6.07) is 7.95. The van der Waals surface area contributed by atoms with E-state index in [1.165, 1.54) is 0 Å². The van der Waals surface area contributed by atoms with Crippen LogP contribution in [-0.2, 0) is 16.3 Å². The van der Waals surface area contributed by atoms with Crippen LogP contribution in [0.4, 0.5) is 0 Å². The Morgan fingerprint density at radius 1 is 1.40 bits per heavy atom. The summed E-state index contributed by atoms with van der Waals surface area (Å²) in [4.78, 5) is 4.57. The molecule has 0 bridgehead atoms. The minimum absolute atomic E-state index is 0.00663. The van der Waals surface area contributed by atoms with E-state index in [2.05, 4.69) is 4.98 Å². The molecule has 20 heavy (non-hydrogen) atoms. The van der Waals surface area contributed by atoms with Crippen molar-refractivity contribution in [3.05, 3.63) is 29.3 Å². The van der Waals surface area contributed by atoms with Gasteiger partial charge >= 0.3 is 0 Å². The normalized spacial score (nSPS) is 23.1. The van der Waals surface area contributed by atoms with Crippen molar-refractivity contribution in [1.29, 1.82) is 0 Å². The molecule has 0 spiro atoms. The van der Waals surface area contributed by atoms with E-state index >= 15 is 0 Å². The molecule has 0 aliphatic carbocycles. The summed E-state index contributed by atoms with van der Waals surface area (Å²) in [5.74, 6) is 0.529. The number of rotatable bonds is 4. The number of aliphatic hydroxyl groups excluding tert-OH is 1. The molecule has 2 heterocycles. The third kappa shape index (κ3) is 2.87. The number of sulfone groups is 1. The smallest absolute Gasteiger partial charge is 0.150 e. The summed E-state index contributed by atoms with van der Waals surface area (Å²) < 4.78 is 24.3. The average Bonchev–Trinajstić information content (AvgIpc) is 2.98. The molecule has 1 saturated heterocycles. The van der Waals surface area contributed by atoms with Crippen LogP contribution in [0.1, 0.15) is 11.4 Å². The van der Waals surface area contributed by atoms with E-state index in [0.717, 1.165) is 15.2 Å². The molecule has 6 heteroatoms. The lowest BCUT2D eigenvalue weighted by atomic mass is 9.90. The maximum absolute atomic E-state index is 11.6. The van der Waals surface area contributed by atoms with E-state index in [4.69, 9.17) is 0 Å². The number of hydrogen-bond donors (Lipinski definition) is 1. The highest BCUT2D eigenvalue weighted by Gasteiger charge is 2.33. The molecular formula is C14H17NO3S2. The largest absolute Gasteiger partial charge is 0.396 e. The molecule has 2 atom stereocenters. The third-order valence-electron chi connectivity index (χ3n) is 3.94. The van der Waals surface area contributed by atoms with Crippen molar-refractivity contribution in [3.8, 4) is 0 Å². The average molecular weight is 311 g/mol. The van der Waals surface area contributed by atoms with Crippen molar-refractivity contribution in [2.24, 2.45) is 11.8 Å². The summed E-state index contributed by atoms with van der Waals surface area (Å²) in [5, 5.41) is 10.6. The van der Waals surface area contributed by atoms with Crippen molar-refractivity contribution in [1.82, 2.24) is 4.98 Å². The van der Waals surface area contributed by atoms with Crippen molar-refractivity contribution in [3.63, 3.8) is 0 Å². The van der Waals surface area contributed by atoms with Gasteiger partial charge in [0.1, 0.15) is 0 Å². The Bertz CT molecular complexity index is 675. The highest BCUT2D eigenvalue weighted by Crippen LogP contribution is 2.30. The summed E-state index contributed by atoms with van der Waals surface area (Å²) in [6.45, 7) is 0.0239. The molecule has 4 nitrogen and oxygen atoms in total. The first kappa shape index (κ1) is 14.0. The number of fused-ring (bicyclic) bond motifs is 1. The number of hydrogen-bond acceptors (Lipinski definition) is 5. The van der Waals surface area contributed by atoms with Crippen LogP contribution < -0.4 is 0 Å². The zero-order valence-corrected chi connectivity index (χ0v) is 12.7. The highest BCUT2D eigenvalue weighted by atomic mass is 32.2. The lowest BCUT2D eigenvalue weighted by Gasteiger charge is -2.18. The van der Waals surface area contributed by atoms with Crippen LogP contribution in [0.5, 0.6) is 0 Å². The second-order valence-corrected chi connectivity index (χ2v) is 8.73. The zero-order valence-electron chi connectivity index (χ0n) is 11.0. The first-order valence-electron chi connectivity index (χ1n) is 6.73. The van der Waals surface area contributed by atoms with Gasteiger partial charge in [-0.05, 0) is 30.4 Å². The van der Waals surface area contributed by atoms with Crippen molar-refractivity contribution < 1.29 is 13.5 Å². The molecule has 1 N–H and O–H groups in total. The number of aliphatic hydroxyl groups is 1. The topological polar surface area (TPSA) is 67.3 Å². The number of nitrogens with zero attached hydrogens (tertiary/aromatic N) is 1. The van der Waals surface area contributed by atoms with Crippen LogP contribution in [0.25, 0.3) is 10.2 Å². The standard InChI is InChI=1S/C14H17NO3S2/c16-8-11(10-5-6-20(17,18)9-10)7-14-15-12-3-1-2-4-13(12)19-14/h1-4,10-11,16H,5-9H2. The minimum atomic E-state index is -2.90. The highest BCUT2D eigenvalue weighted by molar-refractivity contribution is 7.91. The second-order valence-electron chi connectivity index (χ2n) is 5.39. The Morgan fingerprint density at radius 3 is 2.85 bits per heavy atom. The van der Waals surface area contributed by atoms with Gasteiger partial charge in [0.15, 0.2) is 9.84 Å². The van der Waals surface area contributed by atoms with Crippen molar-refractivity contribution in [2.75, 3.05) is 18.1 Å². The van der Waals surface area contributed by atoms with Gasteiger partial charge in [-0.2, -0.15) is 0 Å². The monoisotopic (exact) mass is 311 g/mol. The van der Waals surface area contributed by atoms with E-state index in [1.807, 2.05) is 24.3 Å². The minimum Gasteiger partial charge on any atom is -0.396 e. The molecule has 0 saturated carbocycles. The number of para-hydroxylation sites is 1. The fourth-order valence-corrected chi connectivity index (χ4v) is 5.79. The molecule has 0 amide bonds. The van der Waals surface area contributed by atoms with Crippen LogP contribution in [0, 0.1) is 11.8 Å². The van der Waals surface area contributed by atoms with Gasteiger partial charge in [0, 0.05) is 13.0 Å². The van der Waals surface area contributed by atoms with Crippen LogP contribution >= 0.6 is 11.3 Å². The van der Waals surface area contributed by atoms with E-state index in [1.54, 1.807) is 11.3 Å². The molecule has 3 rings (SSSR count). The third-order valence-corrected chi connectivity index (χ3v) is 6.80. The molecule has 1 aliphatic heterocycles. The maximum Gasteiger partial charge on any atom is 0.150 e. The zero-order chi connectivity index (χ0) is 14.2. The molecule has 108 valence electrons. The Labute approximate surface area is 122 Å². The molecule has 1 aromatic heterocycles. The van der Waals surface area contributed by atoms with Gasteiger partial charge in [-0.1, -0.05) is 12.1 Å². The number of benzene rings is 1. The molecular weight excluding hydrogens is 294 g/mol. The Hall–Kier alpha value is -0.980. The van der Waals surface area contributed by atoms with Crippen molar-refractivity contribution >= 4 is 31.4 Å². The summed E-state index contributed by atoms with van der Waals surface area (Å²) >= 11 is 1.63. The van der Waals surface area contributed by atoms with E-state index in [-0.39, 0.29) is 29.9 Å². The van der Waals surface area contributed by atoms with Crippen LogP contribution in [-0.4, -0.2) is 36.6 Å². The summed E-state index contributed by atoms with van der Waals surface area (Å²) in [5.41, 5.74) is 0.975. The quantitative estimate of drug-likeness (QED) is 0.936. The fourth-order valence-electron chi connectivity index (χ4n) is 2.81. The first-order chi connectivity index (χ1) is 9.57. The lowest BCUT2D eigenvalue weighted by molar-refractivity contribution is 0.184. The van der Waals surface area contributed by atoms with E-state index in [0.29, 0.717) is 12.8 Å². The van der Waals surface area contributed by atoms with Gasteiger partial charge in [0.2, 0.25) is 0 Å². The van der Waals surface area contributed by atoms with Crippen molar-refractivity contribution in [2.45, 2.75) is 12.8 Å². The van der Waals surface area contributed by atoms with Gasteiger partial charge in [-0.15, -0.1) is 11.3 Å². The maximum atomic E-state index is 11.6. The molecule has 2 aromatic rings. The first-order valence-corrected chi connectivity index (χ1v) is 9.37.